The molecule has 5 nitrogen and oxygen atoms in total. The number of aromatic nitrogens is 3. The first-order valence-electron chi connectivity index (χ1n) is 10.2. The van der Waals surface area contributed by atoms with Gasteiger partial charge in [0.25, 0.3) is 5.91 Å². The summed E-state index contributed by atoms with van der Waals surface area (Å²) in [5.74, 6) is -0.177. The van der Waals surface area contributed by atoms with E-state index in [1.165, 1.54) is 10.9 Å². The molecule has 0 saturated heterocycles. The third-order valence-electron chi connectivity index (χ3n) is 5.32. The van der Waals surface area contributed by atoms with Gasteiger partial charge in [-0.05, 0) is 78.0 Å². The summed E-state index contributed by atoms with van der Waals surface area (Å²) in [6.07, 6.45) is 8.93. The van der Waals surface area contributed by atoms with Gasteiger partial charge in [0.1, 0.15) is 0 Å². The number of nitrogens with zero attached hydrogens (tertiary/aromatic N) is 3. The molecule has 2 aromatic carbocycles. The van der Waals surface area contributed by atoms with E-state index in [-0.39, 0.29) is 5.91 Å². The second-order valence-corrected chi connectivity index (χ2v) is 8.07. The zero-order chi connectivity index (χ0) is 21.9. The largest absolute Gasteiger partial charge is 0.322 e. The molecule has 6 heteroatoms. The minimum atomic E-state index is -0.177. The lowest BCUT2D eigenvalue weighted by Crippen LogP contribution is -2.12. The molecule has 5 rings (SSSR count). The standard InChI is InChI=1S/C26H20N4OS/c1-32-25-16-23-22(18-11-14-27-15-12-18)5-2-6-24(23)30(25)21-9-7-20(8-10-21)29-26(31)19-4-3-13-28-17-19/h2-17H,1H3,(H,29,31). The van der Waals surface area contributed by atoms with Crippen LogP contribution in [0.2, 0.25) is 0 Å². The van der Waals surface area contributed by atoms with Crippen molar-refractivity contribution in [3.63, 3.8) is 0 Å². The highest BCUT2D eigenvalue weighted by Gasteiger charge is 2.14. The van der Waals surface area contributed by atoms with Gasteiger partial charge in [-0.15, -0.1) is 11.8 Å². The zero-order valence-corrected chi connectivity index (χ0v) is 18.2. The summed E-state index contributed by atoms with van der Waals surface area (Å²) < 4.78 is 2.25. The molecule has 0 bridgehead atoms. The molecule has 3 aromatic heterocycles. The summed E-state index contributed by atoms with van der Waals surface area (Å²) >= 11 is 1.71. The molecule has 0 radical (unpaired) electrons. The van der Waals surface area contributed by atoms with E-state index in [1.807, 2.05) is 48.8 Å². The molecule has 5 aromatic rings. The van der Waals surface area contributed by atoms with Crippen LogP contribution < -0.4 is 5.32 Å². The van der Waals surface area contributed by atoms with Gasteiger partial charge in [0.2, 0.25) is 0 Å². The Hall–Kier alpha value is -3.90. The van der Waals surface area contributed by atoms with Crippen molar-refractivity contribution >= 4 is 34.3 Å². The fourth-order valence-corrected chi connectivity index (χ4v) is 4.42. The van der Waals surface area contributed by atoms with Crippen LogP contribution in [-0.2, 0) is 0 Å². The average Bonchev–Trinajstić information content (AvgIpc) is 3.24. The molecule has 0 fully saturated rings. The van der Waals surface area contributed by atoms with E-state index in [1.54, 1.807) is 36.3 Å². The van der Waals surface area contributed by atoms with E-state index in [0.29, 0.717) is 5.56 Å². The van der Waals surface area contributed by atoms with E-state index in [9.17, 15) is 4.79 Å². The molecule has 156 valence electrons. The Labute approximate surface area is 190 Å². The number of hydrogen-bond acceptors (Lipinski definition) is 4. The second-order valence-electron chi connectivity index (χ2n) is 7.24. The highest BCUT2D eigenvalue weighted by atomic mass is 32.2. The van der Waals surface area contributed by atoms with Gasteiger partial charge in [-0.1, -0.05) is 12.1 Å². The summed E-state index contributed by atoms with van der Waals surface area (Å²) in [5.41, 5.74) is 5.76. The minimum absolute atomic E-state index is 0.177. The molecule has 0 atom stereocenters. The van der Waals surface area contributed by atoms with Crippen LogP contribution in [-0.4, -0.2) is 26.7 Å². The van der Waals surface area contributed by atoms with Crippen molar-refractivity contribution in [2.45, 2.75) is 5.03 Å². The summed E-state index contributed by atoms with van der Waals surface area (Å²) in [7, 11) is 0. The third kappa shape index (κ3) is 3.76. The van der Waals surface area contributed by atoms with Crippen molar-refractivity contribution in [1.29, 1.82) is 0 Å². The van der Waals surface area contributed by atoms with Crippen LogP contribution in [0.15, 0.2) is 103 Å². The van der Waals surface area contributed by atoms with Crippen molar-refractivity contribution in [3.05, 3.63) is 103 Å². The van der Waals surface area contributed by atoms with E-state index < -0.39 is 0 Å². The molecular formula is C26H20N4OS. The number of amides is 1. The van der Waals surface area contributed by atoms with Crippen LogP contribution in [0.4, 0.5) is 5.69 Å². The normalized spacial score (nSPS) is 10.9. The highest BCUT2D eigenvalue weighted by Crippen LogP contribution is 2.36. The number of carbonyl (C=O) groups is 1. The Balaban J connectivity index is 1.51. The topological polar surface area (TPSA) is 59.8 Å². The number of nitrogens with one attached hydrogen (secondary N) is 1. The molecule has 0 aliphatic rings. The van der Waals surface area contributed by atoms with Gasteiger partial charge in [0, 0.05) is 41.5 Å². The van der Waals surface area contributed by atoms with Crippen LogP contribution >= 0.6 is 11.8 Å². The zero-order valence-electron chi connectivity index (χ0n) is 17.4. The first kappa shape index (κ1) is 20.0. The lowest BCUT2D eigenvalue weighted by molar-refractivity contribution is 0.102. The number of pyridine rings is 2. The van der Waals surface area contributed by atoms with Crippen LogP contribution in [0.25, 0.3) is 27.7 Å². The summed E-state index contributed by atoms with van der Waals surface area (Å²) in [4.78, 5) is 20.6. The average molecular weight is 437 g/mol. The number of rotatable bonds is 5. The maximum atomic E-state index is 12.4. The molecule has 0 unspecified atom stereocenters. The third-order valence-corrected chi connectivity index (χ3v) is 6.04. The molecule has 32 heavy (non-hydrogen) atoms. The summed E-state index contributed by atoms with van der Waals surface area (Å²) in [5, 5.41) is 5.27. The first-order valence-corrected chi connectivity index (χ1v) is 11.4. The molecule has 0 aliphatic carbocycles. The van der Waals surface area contributed by atoms with Crippen molar-refractivity contribution in [3.8, 4) is 16.8 Å². The van der Waals surface area contributed by atoms with E-state index in [4.69, 9.17) is 0 Å². The quantitative estimate of drug-likeness (QED) is 0.340. The Morgan fingerprint density at radius 2 is 1.72 bits per heavy atom. The Kier molecular flexibility index (Phi) is 5.44. The van der Waals surface area contributed by atoms with E-state index >= 15 is 0 Å². The maximum Gasteiger partial charge on any atom is 0.257 e. The maximum absolute atomic E-state index is 12.4. The minimum Gasteiger partial charge on any atom is -0.322 e. The number of carbonyl (C=O) groups excluding carboxylic acids is 1. The highest BCUT2D eigenvalue weighted by molar-refractivity contribution is 7.98. The molecule has 1 N–H and O–H groups in total. The number of anilines is 1. The Morgan fingerprint density at radius 3 is 2.44 bits per heavy atom. The van der Waals surface area contributed by atoms with Gasteiger partial charge in [-0.2, -0.15) is 0 Å². The predicted molar refractivity (Wildman–Crippen MR) is 130 cm³/mol. The van der Waals surface area contributed by atoms with Crippen LogP contribution in [0.1, 0.15) is 10.4 Å². The van der Waals surface area contributed by atoms with Crippen molar-refractivity contribution in [2.24, 2.45) is 0 Å². The monoisotopic (exact) mass is 436 g/mol. The summed E-state index contributed by atoms with van der Waals surface area (Å²) in [6.45, 7) is 0. The smallest absolute Gasteiger partial charge is 0.257 e. The number of benzene rings is 2. The number of thioether (sulfide) groups is 1. The van der Waals surface area contributed by atoms with Crippen LogP contribution in [0.3, 0.4) is 0 Å². The van der Waals surface area contributed by atoms with Crippen LogP contribution in [0, 0.1) is 0 Å². The fraction of sp³-hybridized carbons (Fsp3) is 0.0385. The Bertz CT molecular complexity index is 1380. The SMILES string of the molecule is CSc1cc2c(-c3ccncc3)cccc2n1-c1ccc(NC(=O)c2cccnc2)cc1. The van der Waals surface area contributed by atoms with Gasteiger partial charge in [-0.3, -0.25) is 14.8 Å². The van der Waals surface area contributed by atoms with Gasteiger partial charge < -0.3 is 9.88 Å². The first-order chi connectivity index (χ1) is 15.7. The van der Waals surface area contributed by atoms with Gasteiger partial charge in [0.15, 0.2) is 0 Å². The molecule has 3 heterocycles. The van der Waals surface area contributed by atoms with Gasteiger partial charge in [0.05, 0.1) is 16.1 Å². The van der Waals surface area contributed by atoms with Crippen molar-refractivity contribution < 1.29 is 4.79 Å². The molecular weight excluding hydrogens is 416 g/mol. The van der Waals surface area contributed by atoms with Gasteiger partial charge in [-0.25, -0.2) is 0 Å². The van der Waals surface area contributed by atoms with Crippen molar-refractivity contribution in [1.82, 2.24) is 14.5 Å². The molecule has 0 saturated carbocycles. The van der Waals surface area contributed by atoms with E-state index in [0.717, 1.165) is 27.5 Å². The molecule has 0 aliphatic heterocycles. The fourth-order valence-electron chi connectivity index (χ4n) is 3.80. The summed E-state index contributed by atoms with van der Waals surface area (Å²) in [6, 6.07) is 24.0. The Morgan fingerprint density at radius 1 is 0.906 bits per heavy atom. The van der Waals surface area contributed by atoms with Crippen molar-refractivity contribution in [2.75, 3.05) is 11.6 Å². The number of fused-ring (bicyclic) bond motifs is 1. The predicted octanol–water partition coefficient (Wildman–Crippen LogP) is 6.06. The molecule has 0 spiro atoms. The van der Waals surface area contributed by atoms with Gasteiger partial charge >= 0.3 is 0 Å². The lowest BCUT2D eigenvalue weighted by atomic mass is 10.0. The van der Waals surface area contributed by atoms with Crippen LogP contribution in [0.5, 0.6) is 0 Å². The van der Waals surface area contributed by atoms with E-state index in [2.05, 4.69) is 50.4 Å². The number of hydrogen-bond donors (Lipinski definition) is 1. The lowest BCUT2D eigenvalue weighted by Gasteiger charge is -2.12. The second kappa shape index (κ2) is 8.69. The molecule has 1 amide bonds.